The Labute approximate surface area is 146 Å². The van der Waals surface area contributed by atoms with Gasteiger partial charge in [-0.15, -0.1) is 0 Å². The maximum Gasteiger partial charge on any atom is 0.239 e. The Morgan fingerprint density at radius 3 is 2.96 bits per heavy atom. The Bertz CT molecular complexity index is 569. The van der Waals surface area contributed by atoms with Crippen molar-refractivity contribution >= 4 is 27.5 Å². The largest absolute Gasteiger partial charge is 0.485 e. The Balaban J connectivity index is 1.63. The monoisotopic (exact) mass is 381 g/mol. The van der Waals surface area contributed by atoms with Crippen LogP contribution in [0.3, 0.4) is 0 Å². The lowest BCUT2D eigenvalue weighted by atomic mass is 10.1. The molecule has 2 heterocycles. The fourth-order valence-electron chi connectivity index (χ4n) is 3.32. The molecular formula is C17H24BrN3O2. The molecule has 2 aliphatic rings. The van der Waals surface area contributed by atoms with E-state index in [4.69, 9.17) is 4.74 Å². The molecule has 3 atom stereocenters. The third kappa shape index (κ3) is 3.63. The summed E-state index contributed by atoms with van der Waals surface area (Å²) in [5.74, 6) is 1.06. The van der Waals surface area contributed by atoms with Gasteiger partial charge in [-0.2, -0.15) is 0 Å². The van der Waals surface area contributed by atoms with Crippen LogP contribution in [0.1, 0.15) is 13.3 Å². The second-order valence-corrected chi connectivity index (χ2v) is 7.55. The topological polar surface area (TPSA) is 44.8 Å². The van der Waals surface area contributed by atoms with Gasteiger partial charge in [-0.05, 0) is 25.5 Å². The molecule has 23 heavy (non-hydrogen) atoms. The minimum Gasteiger partial charge on any atom is -0.485 e. The van der Waals surface area contributed by atoms with Gasteiger partial charge in [0.25, 0.3) is 0 Å². The molecule has 126 valence electrons. The molecule has 0 spiro atoms. The van der Waals surface area contributed by atoms with Gasteiger partial charge < -0.3 is 19.9 Å². The predicted octanol–water partition coefficient (Wildman–Crippen LogP) is 1.86. The van der Waals surface area contributed by atoms with Crippen LogP contribution in [0.4, 0.5) is 5.69 Å². The highest BCUT2D eigenvalue weighted by Gasteiger charge is 2.32. The fraction of sp³-hybridized carbons (Fsp3) is 0.588. The molecule has 5 nitrogen and oxygen atoms in total. The van der Waals surface area contributed by atoms with E-state index >= 15 is 0 Å². The fourth-order valence-corrected chi connectivity index (χ4v) is 3.88. The standard InChI is InChI=1S/C17H24BrN3O2/c1-3-21-11-13(23-16-7-5-4-6-15(16)21)10-20(2)17(22)14-8-12(18)9-19-14/h4-7,12-14,19H,3,8-11H2,1-2H3. The second-order valence-electron chi connectivity index (χ2n) is 6.26. The summed E-state index contributed by atoms with van der Waals surface area (Å²) in [5, 5.41) is 3.27. The Hall–Kier alpha value is -1.27. The summed E-state index contributed by atoms with van der Waals surface area (Å²) < 4.78 is 6.10. The van der Waals surface area contributed by atoms with E-state index in [0.29, 0.717) is 11.4 Å². The zero-order chi connectivity index (χ0) is 16.4. The molecule has 6 heteroatoms. The van der Waals surface area contributed by atoms with Crippen LogP contribution in [-0.2, 0) is 4.79 Å². The highest BCUT2D eigenvalue weighted by molar-refractivity contribution is 9.09. The first kappa shape index (κ1) is 16.6. The number of hydrogen-bond donors (Lipinski definition) is 1. The van der Waals surface area contributed by atoms with Gasteiger partial charge in [0, 0.05) is 25.0 Å². The number of amides is 1. The number of likely N-dealkylation sites (N-methyl/N-ethyl adjacent to an activating group) is 2. The molecule has 0 aliphatic carbocycles. The van der Waals surface area contributed by atoms with Crippen LogP contribution < -0.4 is 15.0 Å². The highest BCUT2D eigenvalue weighted by Crippen LogP contribution is 2.32. The number of carbonyl (C=O) groups is 1. The summed E-state index contributed by atoms with van der Waals surface area (Å²) in [4.78, 5) is 17.0. The van der Waals surface area contributed by atoms with E-state index in [9.17, 15) is 4.79 Å². The van der Waals surface area contributed by atoms with Gasteiger partial charge >= 0.3 is 0 Å². The van der Waals surface area contributed by atoms with Gasteiger partial charge in [0.05, 0.1) is 24.8 Å². The van der Waals surface area contributed by atoms with Crippen molar-refractivity contribution in [2.45, 2.75) is 30.3 Å². The van der Waals surface area contributed by atoms with E-state index < -0.39 is 0 Å². The lowest BCUT2D eigenvalue weighted by molar-refractivity contribution is -0.132. The van der Waals surface area contributed by atoms with E-state index in [2.05, 4.69) is 39.1 Å². The minimum absolute atomic E-state index is 0.0000275. The van der Waals surface area contributed by atoms with Crippen LogP contribution in [0, 0.1) is 0 Å². The van der Waals surface area contributed by atoms with Crippen molar-refractivity contribution in [2.24, 2.45) is 0 Å². The van der Waals surface area contributed by atoms with Crippen LogP contribution >= 0.6 is 15.9 Å². The zero-order valence-corrected chi connectivity index (χ0v) is 15.3. The number of rotatable bonds is 4. The first-order chi connectivity index (χ1) is 11.1. The summed E-state index contributed by atoms with van der Waals surface area (Å²) in [7, 11) is 1.87. The average molecular weight is 382 g/mol. The Morgan fingerprint density at radius 2 is 2.26 bits per heavy atom. The molecule has 1 aromatic carbocycles. The summed E-state index contributed by atoms with van der Waals surface area (Å²) in [5.41, 5.74) is 1.14. The lowest BCUT2D eigenvalue weighted by Gasteiger charge is -2.37. The number of nitrogens with one attached hydrogen (secondary N) is 1. The van der Waals surface area contributed by atoms with Crippen LogP contribution in [0.15, 0.2) is 24.3 Å². The smallest absolute Gasteiger partial charge is 0.239 e. The van der Waals surface area contributed by atoms with Crippen LogP contribution in [-0.4, -0.2) is 61.0 Å². The number of benzene rings is 1. The van der Waals surface area contributed by atoms with E-state index in [0.717, 1.165) is 37.5 Å². The predicted molar refractivity (Wildman–Crippen MR) is 95.5 cm³/mol. The molecule has 1 N–H and O–H groups in total. The third-order valence-corrected chi connectivity index (χ3v) is 5.23. The van der Waals surface area contributed by atoms with Crippen molar-refractivity contribution in [1.82, 2.24) is 10.2 Å². The molecule has 0 bridgehead atoms. The Kier molecular flexibility index (Phi) is 5.11. The molecule has 0 aromatic heterocycles. The molecule has 0 radical (unpaired) electrons. The van der Waals surface area contributed by atoms with Crippen LogP contribution in [0.5, 0.6) is 5.75 Å². The zero-order valence-electron chi connectivity index (χ0n) is 13.7. The number of para-hydroxylation sites is 2. The number of nitrogens with zero attached hydrogens (tertiary/aromatic N) is 2. The van der Waals surface area contributed by atoms with Gasteiger partial charge in [-0.25, -0.2) is 0 Å². The number of anilines is 1. The third-order valence-electron chi connectivity index (χ3n) is 4.53. The van der Waals surface area contributed by atoms with E-state index in [-0.39, 0.29) is 18.1 Å². The SMILES string of the molecule is CCN1CC(CN(C)C(=O)C2CC(Br)CN2)Oc2ccccc21. The summed E-state index contributed by atoms with van der Waals surface area (Å²) in [6, 6.07) is 8.02. The molecule has 1 amide bonds. The maximum absolute atomic E-state index is 12.5. The Morgan fingerprint density at radius 1 is 1.48 bits per heavy atom. The maximum atomic E-state index is 12.5. The average Bonchev–Trinajstić information content (AvgIpc) is 2.99. The van der Waals surface area contributed by atoms with E-state index in [1.165, 1.54) is 0 Å². The van der Waals surface area contributed by atoms with Gasteiger partial charge in [0.1, 0.15) is 11.9 Å². The molecular weight excluding hydrogens is 358 g/mol. The van der Waals surface area contributed by atoms with Crippen LogP contribution in [0.2, 0.25) is 0 Å². The number of fused-ring (bicyclic) bond motifs is 1. The van der Waals surface area contributed by atoms with Gasteiger partial charge in [-0.3, -0.25) is 4.79 Å². The van der Waals surface area contributed by atoms with E-state index in [1.807, 2.05) is 25.2 Å². The highest BCUT2D eigenvalue weighted by atomic mass is 79.9. The van der Waals surface area contributed by atoms with Crippen molar-refractivity contribution in [3.05, 3.63) is 24.3 Å². The van der Waals surface area contributed by atoms with Crippen molar-refractivity contribution in [1.29, 1.82) is 0 Å². The molecule has 3 rings (SSSR count). The van der Waals surface area contributed by atoms with Gasteiger partial charge in [0.15, 0.2) is 0 Å². The molecule has 3 unspecified atom stereocenters. The number of ether oxygens (including phenoxy) is 1. The van der Waals surface area contributed by atoms with Gasteiger partial charge in [0.2, 0.25) is 5.91 Å². The first-order valence-electron chi connectivity index (χ1n) is 8.21. The molecule has 2 aliphatic heterocycles. The van der Waals surface area contributed by atoms with Crippen LogP contribution in [0.25, 0.3) is 0 Å². The van der Waals surface area contributed by atoms with Crippen molar-refractivity contribution in [2.75, 3.05) is 38.1 Å². The normalized spacial score (nSPS) is 26.6. The second kappa shape index (κ2) is 7.09. The van der Waals surface area contributed by atoms with Crippen molar-refractivity contribution in [3.8, 4) is 5.75 Å². The van der Waals surface area contributed by atoms with E-state index in [1.54, 1.807) is 4.90 Å². The minimum atomic E-state index is -0.0810. The van der Waals surface area contributed by atoms with Crippen molar-refractivity contribution < 1.29 is 9.53 Å². The number of alkyl halides is 1. The molecule has 1 fully saturated rings. The lowest BCUT2D eigenvalue weighted by Crippen LogP contribution is -2.50. The number of carbonyl (C=O) groups excluding carboxylic acids is 1. The number of halogens is 1. The van der Waals surface area contributed by atoms with Crippen molar-refractivity contribution in [3.63, 3.8) is 0 Å². The van der Waals surface area contributed by atoms with Gasteiger partial charge in [-0.1, -0.05) is 28.1 Å². The summed E-state index contributed by atoms with van der Waals surface area (Å²) >= 11 is 3.57. The first-order valence-corrected chi connectivity index (χ1v) is 9.13. The summed E-state index contributed by atoms with van der Waals surface area (Å²) in [6.07, 6.45) is 0.846. The molecule has 1 aromatic rings. The molecule has 0 saturated carbocycles. The summed E-state index contributed by atoms with van der Waals surface area (Å²) in [6.45, 7) is 5.34. The number of hydrogen-bond acceptors (Lipinski definition) is 4. The molecule has 1 saturated heterocycles. The quantitative estimate of drug-likeness (QED) is 0.808.